The van der Waals surface area contributed by atoms with Gasteiger partial charge in [0.05, 0.1) is 17.7 Å². The molecule has 6 nitrogen and oxygen atoms in total. The number of pyridine rings is 1. The third kappa shape index (κ3) is 2.94. The van der Waals surface area contributed by atoms with Crippen LogP contribution in [0, 0.1) is 0 Å². The van der Waals surface area contributed by atoms with Gasteiger partial charge in [0.2, 0.25) is 5.91 Å². The number of primary amides is 1. The second-order valence-electron chi connectivity index (χ2n) is 5.88. The molecule has 1 aliphatic heterocycles. The Morgan fingerprint density at radius 3 is 2.35 bits per heavy atom. The fourth-order valence-corrected chi connectivity index (χ4v) is 1.81. The van der Waals surface area contributed by atoms with E-state index in [1.807, 2.05) is 33.8 Å². The molecule has 0 saturated carbocycles. The molecule has 0 atom stereocenters. The van der Waals surface area contributed by atoms with E-state index in [4.69, 9.17) is 15.0 Å². The molecule has 3 N–H and O–H groups in total. The molecule has 0 aliphatic carbocycles. The van der Waals surface area contributed by atoms with Crippen molar-refractivity contribution in [2.24, 2.45) is 5.73 Å². The Balaban J connectivity index is 2.06. The minimum atomic E-state index is -0.433. The molecule has 1 amide bonds. The van der Waals surface area contributed by atoms with Gasteiger partial charge in [-0.15, -0.1) is 0 Å². The Morgan fingerprint density at radius 1 is 1.30 bits per heavy atom. The van der Waals surface area contributed by atoms with Crippen molar-refractivity contribution < 1.29 is 14.1 Å². The maximum atomic E-state index is 10.7. The summed E-state index contributed by atoms with van der Waals surface area (Å²) in [6, 6.07) is 3.63. The van der Waals surface area contributed by atoms with Crippen LogP contribution in [0.15, 0.2) is 18.3 Å². The largest absolute Gasteiger partial charge is 0.496 e. The maximum absolute atomic E-state index is 10.7. The number of rotatable bonds is 4. The maximum Gasteiger partial charge on any atom is 0.496 e. The molecule has 1 aliphatic rings. The summed E-state index contributed by atoms with van der Waals surface area (Å²) < 4.78 is 11.9. The molecule has 20 heavy (non-hydrogen) atoms. The van der Waals surface area contributed by atoms with Crippen molar-refractivity contribution >= 4 is 24.3 Å². The van der Waals surface area contributed by atoms with E-state index in [2.05, 4.69) is 10.3 Å². The summed E-state index contributed by atoms with van der Waals surface area (Å²) in [6.07, 6.45) is 1.67. The average molecular weight is 277 g/mol. The molecule has 2 heterocycles. The molecule has 7 heteroatoms. The normalized spacial score (nSPS) is 19.9. The van der Waals surface area contributed by atoms with E-state index in [0.717, 1.165) is 5.46 Å². The molecule has 0 aromatic carbocycles. The van der Waals surface area contributed by atoms with Crippen molar-refractivity contribution in [2.75, 3.05) is 11.9 Å². The van der Waals surface area contributed by atoms with Crippen molar-refractivity contribution in [2.45, 2.75) is 38.9 Å². The molecule has 0 bridgehead atoms. The highest BCUT2D eigenvalue weighted by molar-refractivity contribution is 6.62. The van der Waals surface area contributed by atoms with Crippen molar-refractivity contribution in [1.29, 1.82) is 0 Å². The predicted octanol–water partition coefficient (Wildman–Crippen LogP) is 0.278. The Bertz CT molecular complexity index is 486. The second-order valence-corrected chi connectivity index (χ2v) is 5.88. The fraction of sp³-hybridized carbons (Fsp3) is 0.538. The van der Waals surface area contributed by atoms with Crippen molar-refractivity contribution in [3.05, 3.63) is 18.3 Å². The smallest absolute Gasteiger partial charge is 0.399 e. The third-order valence-corrected chi connectivity index (χ3v) is 3.76. The van der Waals surface area contributed by atoms with Crippen molar-refractivity contribution in [3.8, 4) is 0 Å². The molecule has 0 spiro atoms. The van der Waals surface area contributed by atoms with Gasteiger partial charge in [-0.25, -0.2) is 4.98 Å². The van der Waals surface area contributed by atoms with Crippen molar-refractivity contribution in [1.82, 2.24) is 4.98 Å². The van der Waals surface area contributed by atoms with Crippen LogP contribution in [-0.2, 0) is 14.1 Å². The number of nitrogens with one attached hydrogen (secondary N) is 1. The zero-order valence-corrected chi connectivity index (χ0v) is 12.3. The van der Waals surface area contributed by atoms with Gasteiger partial charge in [0.1, 0.15) is 5.82 Å². The van der Waals surface area contributed by atoms with E-state index in [1.165, 1.54) is 0 Å². The molecule has 1 saturated heterocycles. The molecule has 0 unspecified atom stereocenters. The van der Waals surface area contributed by atoms with Crippen LogP contribution in [0.5, 0.6) is 0 Å². The Morgan fingerprint density at radius 2 is 1.90 bits per heavy atom. The molecule has 0 radical (unpaired) electrons. The first kappa shape index (κ1) is 14.8. The quantitative estimate of drug-likeness (QED) is 0.772. The highest BCUT2D eigenvalue weighted by atomic mass is 16.7. The van der Waals surface area contributed by atoms with Gasteiger partial charge in [0, 0.05) is 11.7 Å². The number of hydrogen-bond acceptors (Lipinski definition) is 5. The van der Waals surface area contributed by atoms with Gasteiger partial charge in [0.15, 0.2) is 0 Å². The average Bonchev–Trinajstić information content (AvgIpc) is 2.56. The lowest BCUT2D eigenvalue weighted by Gasteiger charge is -2.32. The summed E-state index contributed by atoms with van der Waals surface area (Å²) in [5.74, 6) is 0.158. The number of amides is 1. The number of carbonyl (C=O) groups is 1. The van der Waals surface area contributed by atoms with Gasteiger partial charge in [-0.3, -0.25) is 4.79 Å². The lowest BCUT2D eigenvalue weighted by atomic mass is 9.80. The zero-order chi connectivity index (χ0) is 15.0. The van der Waals surface area contributed by atoms with Gasteiger partial charge >= 0.3 is 7.12 Å². The van der Waals surface area contributed by atoms with E-state index < -0.39 is 13.0 Å². The highest BCUT2D eigenvalue weighted by Crippen LogP contribution is 2.36. The number of carbonyl (C=O) groups excluding carboxylic acids is 1. The molecule has 2 rings (SSSR count). The lowest BCUT2D eigenvalue weighted by molar-refractivity contribution is -0.116. The van der Waals surface area contributed by atoms with Gasteiger partial charge in [-0.2, -0.15) is 0 Å². The summed E-state index contributed by atoms with van der Waals surface area (Å²) in [5, 5.41) is 2.83. The number of aromatic nitrogens is 1. The summed E-state index contributed by atoms with van der Waals surface area (Å²) in [4.78, 5) is 14.9. The van der Waals surface area contributed by atoms with Crippen LogP contribution in [-0.4, -0.2) is 35.8 Å². The SMILES string of the molecule is CC1(C)OB(c2ccc(NCC(N)=O)nc2)OC1(C)C. The van der Waals surface area contributed by atoms with Gasteiger partial charge in [-0.1, -0.05) is 6.07 Å². The topological polar surface area (TPSA) is 86.5 Å². The summed E-state index contributed by atoms with van der Waals surface area (Å²) in [7, 11) is -0.433. The molecule has 1 fully saturated rings. The van der Waals surface area contributed by atoms with Gasteiger partial charge in [-0.05, 0) is 33.8 Å². The Kier molecular flexibility index (Phi) is 3.75. The van der Waals surface area contributed by atoms with Crippen LogP contribution in [0.25, 0.3) is 0 Å². The number of nitrogens with zero attached hydrogens (tertiary/aromatic N) is 1. The van der Waals surface area contributed by atoms with E-state index >= 15 is 0 Å². The first-order valence-electron chi connectivity index (χ1n) is 6.55. The van der Waals surface area contributed by atoms with E-state index in [-0.39, 0.29) is 17.7 Å². The first-order chi connectivity index (χ1) is 9.21. The monoisotopic (exact) mass is 277 g/mol. The Labute approximate surface area is 119 Å². The minimum absolute atomic E-state index is 0.0584. The summed E-state index contributed by atoms with van der Waals surface area (Å²) in [6.45, 7) is 8.07. The van der Waals surface area contributed by atoms with Crippen LogP contribution in [0.1, 0.15) is 27.7 Å². The van der Waals surface area contributed by atoms with Gasteiger partial charge in [0.25, 0.3) is 0 Å². The van der Waals surface area contributed by atoms with E-state index in [1.54, 1.807) is 12.3 Å². The minimum Gasteiger partial charge on any atom is -0.399 e. The zero-order valence-electron chi connectivity index (χ0n) is 12.3. The first-order valence-corrected chi connectivity index (χ1v) is 6.55. The van der Waals surface area contributed by atoms with Gasteiger partial charge < -0.3 is 20.4 Å². The third-order valence-electron chi connectivity index (χ3n) is 3.76. The molecule has 1 aromatic rings. The summed E-state index contributed by atoms with van der Waals surface area (Å²) in [5.41, 5.74) is 5.15. The molecule has 1 aromatic heterocycles. The molecule has 108 valence electrons. The van der Waals surface area contributed by atoms with E-state index in [9.17, 15) is 4.79 Å². The Hall–Kier alpha value is -1.60. The standard InChI is InChI=1S/C13H20BN3O3/c1-12(2)13(3,4)20-14(19-12)9-5-6-11(16-7-9)17-8-10(15)18/h5-7H,8H2,1-4H3,(H2,15,18)(H,16,17). The number of nitrogens with two attached hydrogens (primary N) is 1. The van der Waals surface area contributed by atoms with Crippen molar-refractivity contribution in [3.63, 3.8) is 0 Å². The van der Waals surface area contributed by atoms with Crippen LogP contribution in [0.4, 0.5) is 5.82 Å². The van der Waals surface area contributed by atoms with E-state index in [0.29, 0.717) is 5.82 Å². The van der Waals surface area contributed by atoms with Crippen LogP contribution in [0.3, 0.4) is 0 Å². The van der Waals surface area contributed by atoms with Crippen LogP contribution >= 0.6 is 0 Å². The number of hydrogen-bond donors (Lipinski definition) is 2. The number of anilines is 1. The predicted molar refractivity (Wildman–Crippen MR) is 77.6 cm³/mol. The highest BCUT2D eigenvalue weighted by Gasteiger charge is 2.51. The lowest BCUT2D eigenvalue weighted by Crippen LogP contribution is -2.41. The van der Waals surface area contributed by atoms with Crippen LogP contribution in [0.2, 0.25) is 0 Å². The second kappa shape index (κ2) is 5.07. The van der Waals surface area contributed by atoms with Crippen LogP contribution < -0.4 is 16.5 Å². The summed E-state index contributed by atoms with van der Waals surface area (Å²) >= 11 is 0. The molecular weight excluding hydrogens is 257 g/mol. The molecular formula is C13H20BN3O3. The fourth-order valence-electron chi connectivity index (χ4n) is 1.81.